The van der Waals surface area contributed by atoms with Crippen LogP contribution in [0.15, 0.2) is 24.3 Å². The molecule has 1 aromatic carbocycles. The molecular weight excluding hydrogens is 274 g/mol. The Morgan fingerprint density at radius 2 is 1.94 bits per heavy atom. The van der Waals surface area contributed by atoms with Gasteiger partial charge in [-0.1, -0.05) is 23.4 Å². The number of imide groups is 1. The summed E-state index contributed by atoms with van der Waals surface area (Å²) < 4.78 is 0. The molecule has 0 N–H and O–H groups in total. The molecule has 0 aliphatic carbocycles. The number of Topliss-reactive ketones (excluding diaryl/α,β-unsaturated/α-hetero) is 1. The zero-order chi connectivity index (χ0) is 13.1. The van der Waals surface area contributed by atoms with E-state index in [1.54, 1.807) is 24.3 Å². The monoisotopic (exact) mass is 283 g/mol. The van der Waals surface area contributed by atoms with Crippen LogP contribution in [-0.2, 0) is 4.79 Å². The SMILES string of the molecule is O=C(CN1C(=O)CCSC1=O)c1ccc(Cl)cc1. The minimum Gasteiger partial charge on any atom is -0.292 e. The van der Waals surface area contributed by atoms with Gasteiger partial charge in [0, 0.05) is 22.8 Å². The van der Waals surface area contributed by atoms with Crippen molar-refractivity contribution in [3.05, 3.63) is 34.9 Å². The molecule has 1 aliphatic heterocycles. The summed E-state index contributed by atoms with van der Waals surface area (Å²) in [5.74, 6) is -0.0690. The maximum atomic E-state index is 11.9. The van der Waals surface area contributed by atoms with Crippen LogP contribution in [0.25, 0.3) is 0 Å². The molecule has 0 aromatic heterocycles. The Kier molecular flexibility index (Phi) is 4.04. The second-order valence-corrected chi connectivity index (χ2v) is 5.26. The van der Waals surface area contributed by atoms with Crippen LogP contribution in [0.4, 0.5) is 4.79 Å². The fourth-order valence-corrected chi connectivity index (χ4v) is 2.46. The first kappa shape index (κ1) is 13.1. The lowest BCUT2D eigenvalue weighted by Crippen LogP contribution is -2.41. The standard InChI is InChI=1S/C12H10ClNO3S/c13-9-3-1-8(2-4-9)10(15)7-14-11(16)5-6-18-12(14)17/h1-4H,5-7H2. The van der Waals surface area contributed by atoms with Crippen LogP contribution in [0.3, 0.4) is 0 Å². The van der Waals surface area contributed by atoms with Crippen molar-refractivity contribution in [1.82, 2.24) is 4.90 Å². The van der Waals surface area contributed by atoms with Crippen LogP contribution in [0.1, 0.15) is 16.8 Å². The van der Waals surface area contributed by atoms with Crippen molar-refractivity contribution in [2.75, 3.05) is 12.3 Å². The van der Waals surface area contributed by atoms with E-state index in [0.29, 0.717) is 22.8 Å². The highest BCUT2D eigenvalue weighted by Gasteiger charge is 2.28. The van der Waals surface area contributed by atoms with Crippen molar-refractivity contribution < 1.29 is 14.4 Å². The molecule has 94 valence electrons. The van der Waals surface area contributed by atoms with Crippen LogP contribution < -0.4 is 0 Å². The smallest absolute Gasteiger partial charge is 0.288 e. The number of halogens is 1. The van der Waals surface area contributed by atoms with Gasteiger partial charge in [-0.3, -0.25) is 19.3 Å². The second kappa shape index (κ2) is 5.54. The van der Waals surface area contributed by atoms with Crippen molar-refractivity contribution in [2.24, 2.45) is 0 Å². The minimum atomic E-state index is -0.353. The third-order valence-electron chi connectivity index (χ3n) is 2.53. The molecule has 6 heteroatoms. The molecule has 1 heterocycles. The van der Waals surface area contributed by atoms with Gasteiger partial charge >= 0.3 is 0 Å². The summed E-state index contributed by atoms with van der Waals surface area (Å²) in [6.07, 6.45) is 0.296. The summed E-state index contributed by atoms with van der Waals surface area (Å²) in [5.41, 5.74) is 0.440. The van der Waals surface area contributed by atoms with Crippen LogP contribution in [-0.4, -0.2) is 34.1 Å². The van der Waals surface area contributed by atoms with Gasteiger partial charge < -0.3 is 0 Å². The summed E-state index contributed by atoms with van der Waals surface area (Å²) in [7, 11) is 0. The van der Waals surface area contributed by atoms with Gasteiger partial charge in [0.05, 0.1) is 6.54 Å². The van der Waals surface area contributed by atoms with Crippen molar-refractivity contribution in [3.8, 4) is 0 Å². The molecule has 0 bridgehead atoms. The van der Waals surface area contributed by atoms with Crippen LogP contribution in [0, 0.1) is 0 Å². The molecule has 1 aliphatic rings. The Hall–Kier alpha value is -1.33. The Morgan fingerprint density at radius 3 is 2.56 bits per heavy atom. The lowest BCUT2D eigenvalue weighted by Gasteiger charge is -2.23. The molecule has 4 nitrogen and oxygen atoms in total. The molecule has 18 heavy (non-hydrogen) atoms. The van der Waals surface area contributed by atoms with E-state index < -0.39 is 0 Å². The van der Waals surface area contributed by atoms with Gasteiger partial charge in [-0.15, -0.1) is 0 Å². The number of thioether (sulfide) groups is 1. The van der Waals surface area contributed by atoms with Crippen molar-refractivity contribution in [1.29, 1.82) is 0 Å². The summed E-state index contributed by atoms with van der Waals surface area (Å²) in [6.45, 7) is -0.202. The largest absolute Gasteiger partial charge is 0.292 e. The third-order valence-corrected chi connectivity index (χ3v) is 3.66. The van der Waals surface area contributed by atoms with Gasteiger partial charge in [0.1, 0.15) is 0 Å². The van der Waals surface area contributed by atoms with Crippen molar-refractivity contribution >= 4 is 40.3 Å². The van der Waals surface area contributed by atoms with Gasteiger partial charge in [-0.25, -0.2) is 0 Å². The number of rotatable bonds is 3. The fraction of sp³-hybridized carbons (Fsp3) is 0.250. The topological polar surface area (TPSA) is 54.5 Å². The van der Waals surface area contributed by atoms with Gasteiger partial charge in [-0.05, 0) is 24.3 Å². The van der Waals surface area contributed by atoms with Crippen molar-refractivity contribution in [2.45, 2.75) is 6.42 Å². The molecule has 1 fully saturated rings. The van der Waals surface area contributed by atoms with E-state index in [1.807, 2.05) is 0 Å². The summed E-state index contributed by atoms with van der Waals surface area (Å²) in [4.78, 5) is 36.0. The van der Waals surface area contributed by atoms with E-state index in [4.69, 9.17) is 11.6 Å². The van der Waals surface area contributed by atoms with Gasteiger partial charge in [0.2, 0.25) is 5.91 Å². The van der Waals surface area contributed by atoms with Crippen LogP contribution in [0.2, 0.25) is 5.02 Å². The third kappa shape index (κ3) is 2.91. The normalized spacial score (nSPS) is 15.9. The first-order chi connectivity index (χ1) is 8.58. The average molecular weight is 284 g/mol. The number of hydrogen-bond donors (Lipinski definition) is 0. The molecule has 0 unspecified atom stereocenters. The van der Waals surface area contributed by atoms with E-state index >= 15 is 0 Å². The lowest BCUT2D eigenvalue weighted by molar-refractivity contribution is -0.127. The van der Waals surface area contributed by atoms with E-state index in [2.05, 4.69) is 0 Å². The number of carbonyl (C=O) groups excluding carboxylic acids is 3. The highest BCUT2D eigenvalue weighted by Crippen LogP contribution is 2.19. The van der Waals surface area contributed by atoms with E-state index in [1.165, 1.54) is 0 Å². The van der Waals surface area contributed by atoms with Crippen LogP contribution in [0.5, 0.6) is 0 Å². The first-order valence-corrected chi connectivity index (χ1v) is 6.70. The molecule has 0 saturated carbocycles. The molecule has 1 aromatic rings. The number of benzene rings is 1. The number of nitrogens with zero attached hydrogens (tertiary/aromatic N) is 1. The number of hydrogen-bond acceptors (Lipinski definition) is 4. The maximum Gasteiger partial charge on any atom is 0.288 e. The number of carbonyl (C=O) groups is 3. The quantitative estimate of drug-likeness (QED) is 0.800. The zero-order valence-electron chi connectivity index (χ0n) is 9.39. The average Bonchev–Trinajstić information content (AvgIpc) is 2.34. The fourth-order valence-electron chi connectivity index (χ4n) is 1.56. The predicted molar refractivity (Wildman–Crippen MR) is 70.0 cm³/mol. The highest BCUT2D eigenvalue weighted by atomic mass is 35.5. The van der Waals surface area contributed by atoms with E-state index in [-0.39, 0.29) is 23.5 Å². The zero-order valence-corrected chi connectivity index (χ0v) is 11.0. The Morgan fingerprint density at radius 1 is 1.28 bits per heavy atom. The van der Waals surface area contributed by atoms with Gasteiger partial charge in [0.15, 0.2) is 5.78 Å². The van der Waals surface area contributed by atoms with Gasteiger partial charge in [0.25, 0.3) is 5.24 Å². The number of ketones is 1. The molecule has 0 radical (unpaired) electrons. The number of amides is 2. The first-order valence-electron chi connectivity index (χ1n) is 5.34. The highest BCUT2D eigenvalue weighted by molar-refractivity contribution is 8.13. The molecule has 0 spiro atoms. The summed E-state index contributed by atoms with van der Waals surface area (Å²) in [6, 6.07) is 6.36. The predicted octanol–water partition coefficient (Wildman–Crippen LogP) is 2.61. The molecule has 2 amide bonds. The molecule has 2 rings (SSSR count). The van der Waals surface area contributed by atoms with E-state index in [0.717, 1.165) is 16.7 Å². The Labute approximate surface area is 113 Å². The van der Waals surface area contributed by atoms with Crippen molar-refractivity contribution in [3.63, 3.8) is 0 Å². The molecular formula is C12H10ClNO3S. The summed E-state index contributed by atoms with van der Waals surface area (Å²) >= 11 is 6.78. The molecule has 0 atom stereocenters. The van der Waals surface area contributed by atoms with Crippen LogP contribution >= 0.6 is 23.4 Å². The van der Waals surface area contributed by atoms with E-state index in [9.17, 15) is 14.4 Å². The second-order valence-electron chi connectivity index (χ2n) is 3.77. The minimum absolute atomic E-state index is 0.202. The van der Waals surface area contributed by atoms with Gasteiger partial charge in [-0.2, -0.15) is 0 Å². The maximum absolute atomic E-state index is 11.9. The Balaban J connectivity index is 2.08. The lowest BCUT2D eigenvalue weighted by atomic mass is 10.1. The molecule has 1 saturated heterocycles. The summed E-state index contributed by atoms with van der Waals surface area (Å²) in [5, 5.41) is 0.181. The Bertz CT molecular complexity index is 485.